The quantitative estimate of drug-likeness (QED) is 0.718. The van der Waals surface area contributed by atoms with Gasteiger partial charge >= 0.3 is 6.03 Å². The van der Waals surface area contributed by atoms with E-state index in [9.17, 15) is 9.59 Å². The zero-order valence-corrected chi connectivity index (χ0v) is 15.2. The average molecular weight is 339 g/mol. The Kier molecular flexibility index (Phi) is 6.17. The van der Waals surface area contributed by atoms with Crippen LogP contribution in [0.25, 0.3) is 0 Å². The van der Waals surface area contributed by atoms with Gasteiger partial charge in [-0.15, -0.1) is 0 Å². The lowest BCUT2D eigenvalue weighted by Gasteiger charge is -2.15. The van der Waals surface area contributed by atoms with Crippen LogP contribution in [0.2, 0.25) is 0 Å². The fourth-order valence-electron chi connectivity index (χ4n) is 2.51. The number of benzene rings is 2. The van der Waals surface area contributed by atoms with E-state index in [1.165, 1.54) is 0 Å². The van der Waals surface area contributed by atoms with Gasteiger partial charge in [0.25, 0.3) is 0 Å². The highest BCUT2D eigenvalue weighted by molar-refractivity contribution is 6.01. The lowest BCUT2D eigenvalue weighted by Crippen LogP contribution is -2.21. The minimum atomic E-state index is -0.311. The molecule has 3 N–H and O–H groups in total. The number of amides is 3. The predicted molar refractivity (Wildman–Crippen MR) is 103 cm³/mol. The molecule has 0 aliphatic carbocycles. The highest BCUT2D eigenvalue weighted by atomic mass is 16.2. The van der Waals surface area contributed by atoms with Crippen LogP contribution >= 0.6 is 0 Å². The second-order valence-corrected chi connectivity index (χ2v) is 6.10. The monoisotopic (exact) mass is 339 g/mol. The molecule has 2 rings (SSSR count). The van der Waals surface area contributed by atoms with E-state index < -0.39 is 0 Å². The van der Waals surface area contributed by atoms with Gasteiger partial charge < -0.3 is 16.0 Å². The Morgan fingerprint density at radius 2 is 1.32 bits per heavy atom. The Balaban J connectivity index is 2.10. The maximum atomic E-state index is 12.3. The Bertz CT molecular complexity index is 785. The van der Waals surface area contributed by atoms with Gasteiger partial charge in [-0.3, -0.25) is 4.79 Å². The van der Waals surface area contributed by atoms with Gasteiger partial charge in [-0.05, 0) is 62.1 Å². The van der Waals surface area contributed by atoms with Crippen molar-refractivity contribution >= 4 is 29.0 Å². The van der Waals surface area contributed by atoms with Gasteiger partial charge in [-0.2, -0.15) is 0 Å². The van der Waals surface area contributed by atoms with Crippen LogP contribution in [0.5, 0.6) is 0 Å². The first-order valence-electron chi connectivity index (χ1n) is 8.46. The molecule has 2 aromatic rings. The minimum Gasteiger partial charge on any atom is -0.326 e. The van der Waals surface area contributed by atoms with Gasteiger partial charge in [0.15, 0.2) is 0 Å². The summed E-state index contributed by atoms with van der Waals surface area (Å²) in [6.07, 6.45) is 1.27. The van der Waals surface area contributed by atoms with Crippen molar-refractivity contribution in [1.29, 1.82) is 0 Å². The number of hydrogen-bond acceptors (Lipinski definition) is 2. The van der Waals surface area contributed by atoms with Gasteiger partial charge in [-0.1, -0.05) is 25.1 Å². The van der Waals surface area contributed by atoms with Crippen molar-refractivity contribution in [2.45, 2.75) is 40.5 Å². The van der Waals surface area contributed by atoms with Gasteiger partial charge in [-0.25, -0.2) is 4.79 Å². The number of nitrogens with one attached hydrogen (secondary N) is 3. The van der Waals surface area contributed by atoms with Crippen LogP contribution in [0.15, 0.2) is 36.4 Å². The summed E-state index contributed by atoms with van der Waals surface area (Å²) in [5, 5.41) is 8.60. The van der Waals surface area contributed by atoms with Crippen molar-refractivity contribution in [2.75, 3.05) is 16.0 Å². The fourth-order valence-corrected chi connectivity index (χ4v) is 2.51. The molecule has 0 spiro atoms. The normalized spacial score (nSPS) is 10.2. The van der Waals surface area contributed by atoms with E-state index >= 15 is 0 Å². The molecule has 0 aliphatic rings. The molecule has 0 heterocycles. The zero-order valence-electron chi connectivity index (χ0n) is 15.2. The molecule has 0 saturated carbocycles. The van der Waals surface area contributed by atoms with Crippen LogP contribution in [0.4, 0.5) is 21.9 Å². The first-order valence-corrected chi connectivity index (χ1v) is 8.46. The molecule has 5 nitrogen and oxygen atoms in total. The average Bonchev–Trinajstić information content (AvgIpc) is 2.56. The molecule has 5 heteroatoms. The minimum absolute atomic E-state index is 0.0254. The summed E-state index contributed by atoms with van der Waals surface area (Å²) >= 11 is 0. The van der Waals surface area contributed by atoms with Crippen molar-refractivity contribution in [3.8, 4) is 0 Å². The van der Waals surface area contributed by atoms with Crippen molar-refractivity contribution < 1.29 is 9.59 Å². The van der Waals surface area contributed by atoms with Gasteiger partial charge in [0.1, 0.15) is 0 Å². The molecule has 2 aromatic carbocycles. The van der Waals surface area contributed by atoms with E-state index in [4.69, 9.17) is 0 Å². The second kappa shape index (κ2) is 8.33. The SMILES string of the molecule is CCCC(=O)Nc1cccc(NC(=O)Nc2cccc(C)c2C)c1C. The summed E-state index contributed by atoms with van der Waals surface area (Å²) in [7, 11) is 0. The van der Waals surface area contributed by atoms with Gasteiger partial charge in [0.2, 0.25) is 5.91 Å². The number of urea groups is 1. The lowest BCUT2D eigenvalue weighted by atomic mass is 10.1. The Labute approximate surface area is 148 Å². The molecule has 0 unspecified atom stereocenters. The Morgan fingerprint density at radius 1 is 0.800 bits per heavy atom. The molecule has 0 bridgehead atoms. The predicted octanol–water partition coefficient (Wildman–Crippen LogP) is 4.99. The number of carbonyl (C=O) groups excluding carboxylic acids is 2. The van der Waals surface area contributed by atoms with Crippen LogP contribution in [0, 0.1) is 20.8 Å². The second-order valence-electron chi connectivity index (χ2n) is 6.10. The van der Waals surface area contributed by atoms with Crippen LogP contribution in [0.1, 0.15) is 36.5 Å². The van der Waals surface area contributed by atoms with Crippen LogP contribution in [-0.2, 0) is 4.79 Å². The summed E-state index contributed by atoms with van der Waals surface area (Å²) < 4.78 is 0. The standard InChI is InChI=1S/C20H25N3O2/c1-5-8-19(24)21-17-11-7-12-18(15(17)4)23-20(25)22-16-10-6-9-13(2)14(16)3/h6-7,9-12H,5,8H2,1-4H3,(H,21,24)(H2,22,23,25). The topological polar surface area (TPSA) is 70.2 Å². The molecular formula is C20H25N3O2. The Hall–Kier alpha value is -2.82. The summed E-state index contributed by atoms with van der Waals surface area (Å²) in [5.41, 5.74) is 5.13. The number of rotatable bonds is 5. The molecule has 0 fully saturated rings. The lowest BCUT2D eigenvalue weighted by molar-refractivity contribution is -0.116. The van der Waals surface area contributed by atoms with Crippen molar-refractivity contribution in [3.05, 3.63) is 53.1 Å². The summed E-state index contributed by atoms with van der Waals surface area (Å²) in [4.78, 5) is 24.1. The van der Waals surface area contributed by atoms with Crippen molar-refractivity contribution in [3.63, 3.8) is 0 Å². The first kappa shape index (κ1) is 18.5. The van der Waals surface area contributed by atoms with E-state index in [0.29, 0.717) is 17.8 Å². The molecule has 0 saturated heterocycles. The number of anilines is 3. The largest absolute Gasteiger partial charge is 0.326 e. The van der Waals surface area contributed by atoms with E-state index in [1.54, 1.807) is 0 Å². The van der Waals surface area contributed by atoms with E-state index in [1.807, 2.05) is 64.1 Å². The van der Waals surface area contributed by atoms with E-state index in [0.717, 1.165) is 28.8 Å². The smallest absolute Gasteiger partial charge is 0.323 e. The van der Waals surface area contributed by atoms with Crippen molar-refractivity contribution in [1.82, 2.24) is 0 Å². The summed E-state index contributed by atoms with van der Waals surface area (Å²) in [6.45, 7) is 7.81. The number of hydrogen-bond donors (Lipinski definition) is 3. The third kappa shape index (κ3) is 4.83. The maximum absolute atomic E-state index is 12.3. The fraction of sp³-hybridized carbons (Fsp3) is 0.300. The van der Waals surface area contributed by atoms with Crippen LogP contribution in [-0.4, -0.2) is 11.9 Å². The maximum Gasteiger partial charge on any atom is 0.323 e. The highest BCUT2D eigenvalue weighted by Gasteiger charge is 2.11. The third-order valence-electron chi connectivity index (χ3n) is 4.19. The molecule has 25 heavy (non-hydrogen) atoms. The zero-order chi connectivity index (χ0) is 18.4. The molecule has 132 valence electrons. The molecule has 3 amide bonds. The first-order chi connectivity index (χ1) is 11.9. The molecule has 0 atom stereocenters. The number of carbonyl (C=O) groups is 2. The van der Waals surface area contributed by atoms with E-state index in [-0.39, 0.29) is 11.9 Å². The molecule has 0 aromatic heterocycles. The number of aryl methyl sites for hydroxylation is 1. The Morgan fingerprint density at radius 3 is 1.92 bits per heavy atom. The molecule has 0 aliphatic heterocycles. The molecule has 0 radical (unpaired) electrons. The van der Waals surface area contributed by atoms with Crippen LogP contribution < -0.4 is 16.0 Å². The highest BCUT2D eigenvalue weighted by Crippen LogP contribution is 2.24. The van der Waals surface area contributed by atoms with Crippen LogP contribution in [0.3, 0.4) is 0 Å². The van der Waals surface area contributed by atoms with Gasteiger partial charge in [0, 0.05) is 23.5 Å². The third-order valence-corrected chi connectivity index (χ3v) is 4.19. The summed E-state index contributed by atoms with van der Waals surface area (Å²) in [5.74, 6) is -0.0254. The summed E-state index contributed by atoms with van der Waals surface area (Å²) in [6, 6.07) is 10.9. The van der Waals surface area contributed by atoms with E-state index in [2.05, 4.69) is 16.0 Å². The van der Waals surface area contributed by atoms with Gasteiger partial charge in [0.05, 0.1) is 0 Å². The van der Waals surface area contributed by atoms with Crippen molar-refractivity contribution in [2.24, 2.45) is 0 Å². The molecular weight excluding hydrogens is 314 g/mol.